The second-order valence-corrected chi connectivity index (χ2v) is 8.47. The second-order valence-electron chi connectivity index (χ2n) is 8.04. The number of rotatable bonds is 7. The number of aryl methyl sites for hydroxylation is 2. The first-order valence-corrected chi connectivity index (χ1v) is 10.5. The number of likely N-dealkylation sites (tertiary alicyclic amines) is 1. The lowest BCUT2D eigenvalue weighted by Gasteiger charge is -2.37. The largest absolute Gasteiger partial charge is 0.382 e. The summed E-state index contributed by atoms with van der Waals surface area (Å²) in [5.41, 5.74) is 2.16. The van der Waals surface area contributed by atoms with Crippen LogP contribution in [0.25, 0.3) is 0 Å². The Balaban J connectivity index is 1.48. The van der Waals surface area contributed by atoms with Crippen LogP contribution in [0, 0.1) is 13.8 Å². The lowest BCUT2D eigenvalue weighted by Crippen LogP contribution is -2.49. The molecule has 0 unspecified atom stereocenters. The molecule has 29 heavy (non-hydrogen) atoms. The lowest BCUT2D eigenvalue weighted by molar-refractivity contribution is -0.00648. The SMILES string of the molecule is Cc1ccc(C(=O)C2(O)CCN(CCCC(=O)c3ccc(Cl)cc3)CC2)cc1C. The zero-order chi connectivity index (χ0) is 21.0. The molecule has 5 heteroatoms. The Hall–Kier alpha value is -2.01. The predicted octanol–water partition coefficient (Wildman–Crippen LogP) is 4.63. The third-order valence-electron chi connectivity index (χ3n) is 5.92. The van der Waals surface area contributed by atoms with Gasteiger partial charge in [0.2, 0.25) is 0 Å². The molecule has 4 nitrogen and oxygen atoms in total. The fourth-order valence-electron chi connectivity index (χ4n) is 3.77. The van der Waals surface area contributed by atoms with Crippen LogP contribution in [0.5, 0.6) is 0 Å². The number of carbonyl (C=O) groups excluding carboxylic acids is 2. The summed E-state index contributed by atoms with van der Waals surface area (Å²) < 4.78 is 0. The molecule has 154 valence electrons. The van der Waals surface area contributed by atoms with Gasteiger partial charge in [-0.05, 0) is 81.1 Å². The van der Waals surface area contributed by atoms with Crippen molar-refractivity contribution in [3.05, 3.63) is 69.7 Å². The topological polar surface area (TPSA) is 57.6 Å². The maximum Gasteiger partial charge on any atom is 0.194 e. The van der Waals surface area contributed by atoms with E-state index in [1.165, 1.54) is 0 Å². The molecular formula is C24H28ClNO3. The third kappa shape index (κ3) is 5.33. The van der Waals surface area contributed by atoms with Crippen LogP contribution >= 0.6 is 11.6 Å². The number of Topliss-reactive ketones (excluding diaryl/α,β-unsaturated/α-hetero) is 2. The van der Waals surface area contributed by atoms with E-state index in [4.69, 9.17) is 11.6 Å². The number of aliphatic hydroxyl groups is 1. The van der Waals surface area contributed by atoms with Crippen molar-refractivity contribution < 1.29 is 14.7 Å². The summed E-state index contributed by atoms with van der Waals surface area (Å²) in [6.07, 6.45) is 2.07. The minimum Gasteiger partial charge on any atom is -0.382 e. The summed E-state index contributed by atoms with van der Waals surface area (Å²) in [5.74, 6) is -0.0711. The molecule has 1 aliphatic heterocycles. The number of piperidine rings is 1. The summed E-state index contributed by atoms with van der Waals surface area (Å²) >= 11 is 5.86. The summed E-state index contributed by atoms with van der Waals surface area (Å²) in [7, 11) is 0. The van der Waals surface area contributed by atoms with E-state index in [0.717, 1.165) is 24.1 Å². The monoisotopic (exact) mass is 413 g/mol. The molecule has 2 aromatic rings. The number of carbonyl (C=O) groups is 2. The maximum absolute atomic E-state index is 12.9. The maximum atomic E-state index is 12.9. The van der Waals surface area contributed by atoms with Gasteiger partial charge < -0.3 is 10.0 Å². The summed E-state index contributed by atoms with van der Waals surface area (Å²) in [5, 5.41) is 11.5. The van der Waals surface area contributed by atoms with Gasteiger partial charge in [-0.25, -0.2) is 0 Å². The first-order chi connectivity index (χ1) is 13.8. The van der Waals surface area contributed by atoms with Crippen molar-refractivity contribution in [2.24, 2.45) is 0 Å². The molecule has 1 saturated heterocycles. The molecule has 1 fully saturated rings. The van der Waals surface area contributed by atoms with E-state index in [1.54, 1.807) is 30.3 Å². The van der Waals surface area contributed by atoms with Crippen molar-refractivity contribution in [1.82, 2.24) is 4.90 Å². The number of hydrogen-bond donors (Lipinski definition) is 1. The van der Waals surface area contributed by atoms with Crippen molar-refractivity contribution in [3.63, 3.8) is 0 Å². The Bertz CT molecular complexity index is 883. The number of nitrogens with zero attached hydrogens (tertiary/aromatic N) is 1. The average Bonchev–Trinajstić information content (AvgIpc) is 2.71. The number of benzene rings is 2. The summed E-state index contributed by atoms with van der Waals surface area (Å²) in [6, 6.07) is 12.6. The van der Waals surface area contributed by atoms with Gasteiger partial charge in [-0.2, -0.15) is 0 Å². The van der Waals surface area contributed by atoms with E-state index in [0.29, 0.717) is 48.5 Å². The molecule has 0 spiro atoms. The zero-order valence-corrected chi connectivity index (χ0v) is 17.8. The van der Waals surface area contributed by atoms with Crippen LogP contribution in [0.1, 0.15) is 57.5 Å². The van der Waals surface area contributed by atoms with Gasteiger partial charge >= 0.3 is 0 Å². The molecule has 0 radical (unpaired) electrons. The van der Waals surface area contributed by atoms with Crippen LogP contribution in [0.2, 0.25) is 5.02 Å². The Labute approximate surface area is 177 Å². The van der Waals surface area contributed by atoms with E-state index in [9.17, 15) is 14.7 Å². The second kappa shape index (κ2) is 9.21. The first kappa shape index (κ1) is 21.7. The molecule has 3 rings (SSSR count). The van der Waals surface area contributed by atoms with E-state index in [-0.39, 0.29) is 11.6 Å². The van der Waals surface area contributed by atoms with E-state index in [2.05, 4.69) is 4.90 Å². The van der Waals surface area contributed by atoms with Gasteiger partial charge in [0.15, 0.2) is 11.6 Å². The molecule has 0 atom stereocenters. The van der Waals surface area contributed by atoms with Crippen LogP contribution in [0.3, 0.4) is 0 Å². The standard InChI is InChI=1S/C24H28ClNO3/c1-17-5-6-20(16-18(17)2)23(28)24(29)11-14-26(15-12-24)13-3-4-22(27)19-7-9-21(25)10-8-19/h5-10,16,29H,3-4,11-15H2,1-2H3. The van der Waals surface area contributed by atoms with Crippen LogP contribution in [-0.2, 0) is 0 Å². The number of ketones is 2. The van der Waals surface area contributed by atoms with Gasteiger partial charge in [0.05, 0.1) is 0 Å². The van der Waals surface area contributed by atoms with Crippen LogP contribution in [0.4, 0.5) is 0 Å². The molecule has 0 amide bonds. The van der Waals surface area contributed by atoms with Crippen LogP contribution in [-0.4, -0.2) is 46.8 Å². The lowest BCUT2D eigenvalue weighted by atomic mass is 9.83. The zero-order valence-electron chi connectivity index (χ0n) is 17.1. The third-order valence-corrected chi connectivity index (χ3v) is 6.17. The van der Waals surface area contributed by atoms with E-state index in [1.807, 2.05) is 26.0 Å². The molecule has 0 aromatic heterocycles. The highest BCUT2D eigenvalue weighted by atomic mass is 35.5. The fourth-order valence-corrected chi connectivity index (χ4v) is 3.89. The predicted molar refractivity (Wildman–Crippen MR) is 116 cm³/mol. The molecule has 0 bridgehead atoms. The van der Waals surface area contributed by atoms with Gasteiger partial charge in [0, 0.05) is 35.7 Å². The molecule has 1 N–H and O–H groups in total. The van der Waals surface area contributed by atoms with Crippen LogP contribution < -0.4 is 0 Å². The Morgan fingerprint density at radius 1 is 1.00 bits per heavy atom. The van der Waals surface area contributed by atoms with Crippen molar-refractivity contribution in [2.45, 2.75) is 45.1 Å². The van der Waals surface area contributed by atoms with Crippen molar-refractivity contribution >= 4 is 23.2 Å². The molecule has 2 aromatic carbocycles. The molecule has 1 heterocycles. The Morgan fingerprint density at radius 3 is 2.24 bits per heavy atom. The van der Waals surface area contributed by atoms with Gasteiger partial charge in [0.1, 0.15) is 5.60 Å². The minimum atomic E-state index is -1.29. The molecule has 0 saturated carbocycles. The highest BCUT2D eigenvalue weighted by Crippen LogP contribution is 2.27. The summed E-state index contributed by atoms with van der Waals surface area (Å²) in [6.45, 7) is 6.08. The normalized spacial score (nSPS) is 16.6. The van der Waals surface area contributed by atoms with Gasteiger partial charge in [-0.3, -0.25) is 9.59 Å². The van der Waals surface area contributed by atoms with Crippen molar-refractivity contribution in [3.8, 4) is 0 Å². The Morgan fingerprint density at radius 2 is 1.62 bits per heavy atom. The average molecular weight is 414 g/mol. The number of halogens is 1. The smallest absolute Gasteiger partial charge is 0.194 e. The highest BCUT2D eigenvalue weighted by molar-refractivity contribution is 6.30. The van der Waals surface area contributed by atoms with Gasteiger partial charge in [-0.15, -0.1) is 0 Å². The van der Waals surface area contributed by atoms with Crippen molar-refractivity contribution in [1.29, 1.82) is 0 Å². The molecule has 0 aliphatic carbocycles. The quantitative estimate of drug-likeness (QED) is 0.672. The van der Waals surface area contributed by atoms with Gasteiger partial charge in [-0.1, -0.05) is 23.7 Å². The Kier molecular flexibility index (Phi) is 6.89. The number of hydrogen-bond acceptors (Lipinski definition) is 4. The molecule has 1 aliphatic rings. The minimum absolute atomic E-state index is 0.111. The first-order valence-electron chi connectivity index (χ1n) is 10.1. The highest BCUT2D eigenvalue weighted by Gasteiger charge is 2.39. The van der Waals surface area contributed by atoms with Gasteiger partial charge in [0.25, 0.3) is 0 Å². The molecular weight excluding hydrogens is 386 g/mol. The van der Waals surface area contributed by atoms with Crippen LogP contribution in [0.15, 0.2) is 42.5 Å². The summed E-state index contributed by atoms with van der Waals surface area (Å²) in [4.78, 5) is 27.3. The van der Waals surface area contributed by atoms with Crippen molar-refractivity contribution in [2.75, 3.05) is 19.6 Å². The van der Waals surface area contributed by atoms with E-state index >= 15 is 0 Å². The fraction of sp³-hybridized carbons (Fsp3) is 0.417. The van der Waals surface area contributed by atoms with E-state index < -0.39 is 5.60 Å².